The van der Waals surface area contributed by atoms with E-state index < -0.39 is 12.2 Å². The Morgan fingerprint density at radius 2 is 1.64 bits per heavy atom. The third kappa shape index (κ3) is 17.0. The van der Waals surface area contributed by atoms with E-state index in [4.69, 9.17) is 0 Å². The SMILES string of the molecule is CCCCC/C=C\C[C@@H](O)/C=C/C=C/C=C\[C@@H](O)CCCC(=O)NC. The van der Waals surface area contributed by atoms with Crippen molar-refractivity contribution in [1.29, 1.82) is 0 Å². The number of hydrogen-bond donors (Lipinski definition) is 3. The largest absolute Gasteiger partial charge is 0.389 e. The molecule has 0 aromatic heterocycles. The molecule has 2 atom stereocenters. The van der Waals surface area contributed by atoms with E-state index in [1.165, 1.54) is 19.3 Å². The molecule has 0 aliphatic carbocycles. The Labute approximate surface area is 153 Å². The van der Waals surface area contributed by atoms with E-state index in [-0.39, 0.29) is 5.91 Å². The molecule has 142 valence electrons. The fourth-order valence-corrected chi connectivity index (χ4v) is 2.15. The summed E-state index contributed by atoms with van der Waals surface area (Å²) >= 11 is 0. The van der Waals surface area contributed by atoms with Gasteiger partial charge in [0, 0.05) is 13.5 Å². The Balaban J connectivity index is 3.82. The summed E-state index contributed by atoms with van der Waals surface area (Å²) in [4.78, 5) is 11.1. The molecule has 4 nitrogen and oxygen atoms in total. The number of carbonyl (C=O) groups is 1. The second kappa shape index (κ2) is 17.2. The van der Waals surface area contributed by atoms with Gasteiger partial charge in [-0.15, -0.1) is 0 Å². The number of rotatable bonds is 14. The van der Waals surface area contributed by atoms with Crippen LogP contribution in [0.4, 0.5) is 0 Å². The summed E-state index contributed by atoms with van der Waals surface area (Å²) in [5.41, 5.74) is 0. The number of carbonyl (C=O) groups excluding carboxylic acids is 1. The van der Waals surface area contributed by atoms with E-state index >= 15 is 0 Å². The average Bonchev–Trinajstić information content (AvgIpc) is 2.60. The van der Waals surface area contributed by atoms with Crippen LogP contribution in [-0.4, -0.2) is 35.4 Å². The Hall–Kier alpha value is -1.65. The second-order valence-electron chi connectivity index (χ2n) is 6.06. The Morgan fingerprint density at radius 3 is 2.28 bits per heavy atom. The highest BCUT2D eigenvalue weighted by molar-refractivity contribution is 5.75. The highest BCUT2D eigenvalue weighted by Crippen LogP contribution is 2.03. The number of aliphatic hydroxyl groups excluding tert-OH is 2. The van der Waals surface area contributed by atoms with Crippen LogP contribution in [0.25, 0.3) is 0 Å². The van der Waals surface area contributed by atoms with Crippen LogP contribution in [0.5, 0.6) is 0 Å². The van der Waals surface area contributed by atoms with Gasteiger partial charge in [0.2, 0.25) is 5.91 Å². The minimum Gasteiger partial charge on any atom is -0.389 e. The van der Waals surface area contributed by atoms with E-state index in [2.05, 4.69) is 18.3 Å². The van der Waals surface area contributed by atoms with Gasteiger partial charge < -0.3 is 15.5 Å². The zero-order valence-corrected chi connectivity index (χ0v) is 15.7. The van der Waals surface area contributed by atoms with E-state index in [9.17, 15) is 15.0 Å². The third-order valence-corrected chi connectivity index (χ3v) is 3.70. The fourth-order valence-electron chi connectivity index (χ4n) is 2.15. The van der Waals surface area contributed by atoms with Crippen molar-refractivity contribution in [2.75, 3.05) is 7.05 Å². The van der Waals surface area contributed by atoms with Crippen LogP contribution in [0.15, 0.2) is 48.6 Å². The molecule has 4 heteroatoms. The molecule has 0 bridgehead atoms. The van der Waals surface area contributed by atoms with Gasteiger partial charge in [-0.05, 0) is 32.1 Å². The molecule has 0 unspecified atom stereocenters. The summed E-state index contributed by atoms with van der Waals surface area (Å²) in [5, 5.41) is 22.1. The molecule has 0 radical (unpaired) electrons. The van der Waals surface area contributed by atoms with Crippen molar-refractivity contribution < 1.29 is 15.0 Å². The van der Waals surface area contributed by atoms with Gasteiger partial charge in [-0.1, -0.05) is 68.4 Å². The molecule has 1 amide bonds. The van der Waals surface area contributed by atoms with Crippen molar-refractivity contribution in [3.8, 4) is 0 Å². The van der Waals surface area contributed by atoms with E-state index in [0.717, 1.165) is 6.42 Å². The van der Waals surface area contributed by atoms with Crippen LogP contribution >= 0.6 is 0 Å². The molecule has 0 rings (SSSR count). The summed E-state index contributed by atoms with van der Waals surface area (Å²) in [7, 11) is 1.61. The summed E-state index contributed by atoms with van der Waals surface area (Å²) < 4.78 is 0. The molecule has 0 spiro atoms. The molecule has 25 heavy (non-hydrogen) atoms. The second-order valence-corrected chi connectivity index (χ2v) is 6.06. The van der Waals surface area contributed by atoms with Crippen molar-refractivity contribution in [1.82, 2.24) is 5.32 Å². The molecule has 0 saturated carbocycles. The third-order valence-electron chi connectivity index (χ3n) is 3.70. The first kappa shape index (κ1) is 23.4. The van der Waals surface area contributed by atoms with Crippen molar-refractivity contribution in [3.05, 3.63) is 48.6 Å². The van der Waals surface area contributed by atoms with Crippen LogP contribution in [0.3, 0.4) is 0 Å². The quantitative estimate of drug-likeness (QED) is 0.254. The minimum absolute atomic E-state index is 0.00410. The molecule has 0 fully saturated rings. The van der Waals surface area contributed by atoms with E-state index in [1.807, 2.05) is 18.2 Å². The lowest BCUT2D eigenvalue weighted by Crippen LogP contribution is -2.17. The molecule has 0 aliphatic rings. The highest BCUT2D eigenvalue weighted by atomic mass is 16.3. The number of aliphatic hydroxyl groups is 2. The van der Waals surface area contributed by atoms with Crippen LogP contribution in [0.2, 0.25) is 0 Å². The smallest absolute Gasteiger partial charge is 0.219 e. The fraction of sp³-hybridized carbons (Fsp3) is 0.571. The molecule has 0 aliphatic heterocycles. The maximum atomic E-state index is 11.1. The number of allylic oxidation sites excluding steroid dienone is 5. The molecule has 0 aromatic carbocycles. The summed E-state index contributed by atoms with van der Waals surface area (Å²) in [6.45, 7) is 2.19. The van der Waals surface area contributed by atoms with Crippen molar-refractivity contribution in [2.45, 2.75) is 70.5 Å². The maximum Gasteiger partial charge on any atom is 0.219 e. The van der Waals surface area contributed by atoms with E-state index in [0.29, 0.717) is 25.7 Å². The maximum absolute atomic E-state index is 11.1. The van der Waals surface area contributed by atoms with Gasteiger partial charge in [0.25, 0.3) is 0 Å². The van der Waals surface area contributed by atoms with E-state index in [1.54, 1.807) is 31.4 Å². The molecular formula is C21H35NO3. The summed E-state index contributed by atoms with van der Waals surface area (Å²) in [5.74, 6) is -0.00410. The zero-order chi connectivity index (χ0) is 18.8. The lowest BCUT2D eigenvalue weighted by molar-refractivity contribution is -0.120. The van der Waals surface area contributed by atoms with Crippen molar-refractivity contribution >= 4 is 5.91 Å². The first-order valence-electron chi connectivity index (χ1n) is 9.33. The van der Waals surface area contributed by atoms with Crippen molar-refractivity contribution in [2.24, 2.45) is 0 Å². The standard InChI is InChI=1S/C21H35NO3/c1-3-4-5-6-7-10-14-19(23)15-11-8-9-12-16-20(24)17-13-18-21(25)22-2/h7-12,15-16,19-20,23-24H,3-6,13-14,17-18H2,1-2H3,(H,22,25)/b9-8+,10-7-,15-11+,16-12-/t19-,20-/m1/s1. The predicted octanol–water partition coefficient (Wildman–Crippen LogP) is 3.82. The monoisotopic (exact) mass is 349 g/mol. The van der Waals surface area contributed by atoms with Gasteiger partial charge in [-0.3, -0.25) is 4.79 Å². The van der Waals surface area contributed by atoms with Crippen LogP contribution in [0.1, 0.15) is 58.3 Å². The van der Waals surface area contributed by atoms with Gasteiger partial charge in [0.1, 0.15) is 0 Å². The van der Waals surface area contributed by atoms with Gasteiger partial charge in [0.05, 0.1) is 12.2 Å². The lowest BCUT2D eigenvalue weighted by Gasteiger charge is -2.03. The van der Waals surface area contributed by atoms with Gasteiger partial charge in [-0.25, -0.2) is 0 Å². The minimum atomic E-state index is -0.540. The van der Waals surface area contributed by atoms with Crippen LogP contribution < -0.4 is 5.32 Å². The molecular weight excluding hydrogens is 314 g/mol. The highest BCUT2D eigenvalue weighted by Gasteiger charge is 2.01. The number of hydrogen-bond acceptors (Lipinski definition) is 3. The lowest BCUT2D eigenvalue weighted by atomic mass is 10.1. The first-order valence-corrected chi connectivity index (χ1v) is 9.33. The summed E-state index contributed by atoms with van der Waals surface area (Å²) in [6.07, 6.45) is 20.9. The normalized spacial score (nSPS) is 14.9. The van der Waals surface area contributed by atoms with Crippen LogP contribution in [-0.2, 0) is 4.79 Å². The molecule has 0 saturated heterocycles. The van der Waals surface area contributed by atoms with Gasteiger partial charge in [0.15, 0.2) is 0 Å². The molecule has 0 heterocycles. The Morgan fingerprint density at radius 1 is 0.960 bits per heavy atom. The number of nitrogens with one attached hydrogen (secondary N) is 1. The molecule has 3 N–H and O–H groups in total. The molecule has 0 aromatic rings. The predicted molar refractivity (Wildman–Crippen MR) is 105 cm³/mol. The topological polar surface area (TPSA) is 69.6 Å². The van der Waals surface area contributed by atoms with Gasteiger partial charge >= 0.3 is 0 Å². The number of amides is 1. The Bertz CT molecular complexity index is 438. The zero-order valence-electron chi connectivity index (χ0n) is 15.7. The summed E-state index contributed by atoms with van der Waals surface area (Å²) in [6, 6.07) is 0. The van der Waals surface area contributed by atoms with Crippen molar-refractivity contribution in [3.63, 3.8) is 0 Å². The average molecular weight is 350 g/mol. The van der Waals surface area contributed by atoms with Crippen LogP contribution in [0, 0.1) is 0 Å². The van der Waals surface area contributed by atoms with Gasteiger partial charge in [-0.2, -0.15) is 0 Å². The number of unbranched alkanes of at least 4 members (excludes halogenated alkanes) is 3. The Kier molecular flexibility index (Phi) is 16.0. The first-order chi connectivity index (χ1) is 12.1.